The smallest absolute Gasteiger partial charge is 0.409 e. The molecule has 82 valence electrons. The number of carbonyl (C=O) groups excluding carboxylic acids is 2. The number of amides is 2. The van der Waals surface area contributed by atoms with Crippen LogP contribution in [0, 0.1) is 0 Å². The van der Waals surface area contributed by atoms with Crippen molar-refractivity contribution in [3.05, 3.63) is 0 Å². The van der Waals surface area contributed by atoms with Gasteiger partial charge in [0.25, 0.3) is 0 Å². The van der Waals surface area contributed by atoms with E-state index in [0.29, 0.717) is 0 Å². The van der Waals surface area contributed by atoms with Crippen LogP contribution in [0.25, 0.3) is 0 Å². The maximum Gasteiger partial charge on any atom is 0.409 e. The summed E-state index contributed by atoms with van der Waals surface area (Å²) in [5.74, 6) is 0. The molecule has 0 aliphatic heterocycles. The van der Waals surface area contributed by atoms with E-state index >= 15 is 0 Å². The summed E-state index contributed by atoms with van der Waals surface area (Å²) in [6.45, 7) is 5.22. The van der Waals surface area contributed by atoms with Crippen molar-refractivity contribution >= 4 is 12.2 Å². The maximum absolute atomic E-state index is 11.0. The van der Waals surface area contributed by atoms with E-state index in [0.717, 1.165) is 0 Å². The quantitative estimate of drug-likeness (QED) is 0.653. The second-order valence-electron chi connectivity index (χ2n) is 3.52. The summed E-state index contributed by atoms with van der Waals surface area (Å²) < 4.78 is 9.20. The number of hydrogen-bond donors (Lipinski definition) is 2. The zero-order valence-corrected chi connectivity index (χ0v) is 8.84. The molecule has 0 saturated heterocycles. The van der Waals surface area contributed by atoms with Gasteiger partial charge in [-0.1, -0.05) is 0 Å². The molecule has 0 fully saturated rings. The first kappa shape index (κ1) is 12.5. The van der Waals surface area contributed by atoms with Crippen molar-refractivity contribution in [2.24, 2.45) is 0 Å². The molecule has 0 heterocycles. The second-order valence-corrected chi connectivity index (χ2v) is 3.52. The number of hydrogen-bond acceptors (Lipinski definition) is 4. The van der Waals surface area contributed by atoms with Gasteiger partial charge >= 0.3 is 12.2 Å². The van der Waals surface area contributed by atoms with Crippen LogP contribution in [0.3, 0.4) is 0 Å². The molecule has 0 saturated carbocycles. The minimum Gasteiger partial charge on any atom is -0.453 e. The van der Waals surface area contributed by atoms with E-state index in [-0.39, 0.29) is 6.67 Å². The van der Waals surface area contributed by atoms with Crippen LogP contribution in [0.4, 0.5) is 9.59 Å². The van der Waals surface area contributed by atoms with Crippen molar-refractivity contribution < 1.29 is 19.1 Å². The fourth-order valence-corrected chi connectivity index (χ4v) is 0.575. The van der Waals surface area contributed by atoms with Crippen LogP contribution in [-0.2, 0) is 9.47 Å². The van der Waals surface area contributed by atoms with E-state index in [9.17, 15) is 9.59 Å². The Hall–Kier alpha value is -1.46. The fourth-order valence-electron chi connectivity index (χ4n) is 0.575. The second kappa shape index (κ2) is 5.31. The van der Waals surface area contributed by atoms with Crippen LogP contribution in [-0.4, -0.2) is 31.6 Å². The van der Waals surface area contributed by atoms with Crippen LogP contribution in [0.2, 0.25) is 0 Å². The molecule has 0 aromatic carbocycles. The average molecular weight is 204 g/mol. The lowest BCUT2D eigenvalue weighted by atomic mass is 10.2. The molecular weight excluding hydrogens is 188 g/mol. The summed E-state index contributed by atoms with van der Waals surface area (Å²) in [5, 5.41) is 4.61. The SMILES string of the molecule is COC(=O)NCNC(=O)OC(C)(C)C. The Bertz CT molecular complexity index is 210. The molecule has 2 amide bonds. The fraction of sp³-hybridized carbons (Fsp3) is 0.750. The highest BCUT2D eigenvalue weighted by molar-refractivity contribution is 5.70. The number of rotatable bonds is 2. The highest BCUT2D eigenvalue weighted by Crippen LogP contribution is 2.05. The molecule has 6 nitrogen and oxygen atoms in total. The van der Waals surface area contributed by atoms with E-state index in [1.54, 1.807) is 20.8 Å². The predicted octanol–water partition coefficient (Wildman–Crippen LogP) is 0.825. The summed E-state index contributed by atoms with van der Waals surface area (Å²) >= 11 is 0. The summed E-state index contributed by atoms with van der Waals surface area (Å²) in [4.78, 5) is 21.6. The van der Waals surface area contributed by atoms with Crippen LogP contribution in [0.5, 0.6) is 0 Å². The summed E-state index contributed by atoms with van der Waals surface area (Å²) in [5.41, 5.74) is -0.546. The van der Waals surface area contributed by atoms with Crippen molar-refractivity contribution in [2.45, 2.75) is 26.4 Å². The number of carbonyl (C=O) groups is 2. The third-order valence-electron chi connectivity index (χ3n) is 1.05. The molecule has 0 aliphatic rings. The minimum atomic E-state index is -0.610. The zero-order valence-electron chi connectivity index (χ0n) is 8.84. The van der Waals surface area contributed by atoms with Crippen LogP contribution in [0.1, 0.15) is 20.8 Å². The van der Waals surface area contributed by atoms with E-state index in [4.69, 9.17) is 4.74 Å². The van der Waals surface area contributed by atoms with Crippen LogP contribution >= 0.6 is 0 Å². The number of ether oxygens (including phenoxy) is 2. The van der Waals surface area contributed by atoms with E-state index in [1.165, 1.54) is 7.11 Å². The molecule has 0 atom stereocenters. The van der Waals surface area contributed by atoms with Gasteiger partial charge in [-0.05, 0) is 20.8 Å². The summed E-state index contributed by atoms with van der Waals surface area (Å²) in [6.07, 6.45) is -1.20. The van der Waals surface area contributed by atoms with Crippen molar-refractivity contribution in [3.8, 4) is 0 Å². The van der Waals surface area contributed by atoms with Gasteiger partial charge in [0, 0.05) is 0 Å². The van der Waals surface area contributed by atoms with Crippen LogP contribution in [0.15, 0.2) is 0 Å². The van der Waals surface area contributed by atoms with Crippen LogP contribution < -0.4 is 10.6 Å². The molecule has 0 aromatic heterocycles. The average Bonchev–Trinajstić information content (AvgIpc) is 2.00. The molecular formula is C8H16N2O4. The van der Waals surface area contributed by atoms with Gasteiger partial charge in [-0.25, -0.2) is 9.59 Å². The Kier molecular flexibility index (Phi) is 4.76. The molecule has 0 bridgehead atoms. The number of alkyl carbamates (subject to hydrolysis) is 2. The lowest BCUT2D eigenvalue weighted by molar-refractivity contribution is 0.0524. The number of nitrogens with one attached hydrogen (secondary N) is 2. The van der Waals surface area contributed by atoms with Gasteiger partial charge in [0.15, 0.2) is 0 Å². The molecule has 0 rings (SSSR count). The highest BCUT2D eigenvalue weighted by atomic mass is 16.6. The maximum atomic E-state index is 11.0. The summed E-state index contributed by atoms with van der Waals surface area (Å²) in [7, 11) is 1.24. The summed E-state index contributed by atoms with van der Waals surface area (Å²) in [6, 6.07) is 0. The Morgan fingerprint density at radius 1 is 1.14 bits per heavy atom. The van der Waals surface area contributed by atoms with Gasteiger partial charge < -0.3 is 20.1 Å². The van der Waals surface area contributed by atoms with Gasteiger partial charge in [-0.2, -0.15) is 0 Å². The van der Waals surface area contributed by atoms with E-state index < -0.39 is 17.8 Å². The standard InChI is InChI=1S/C8H16N2O4/c1-8(2,3)14-7(12)10-5-9-6(11)13-4/h5H2,1-4H3,(H,9,11)(H,10,12). The molecule has 0 spiro atoms. The highest BCUT2D eigenvalue weighted by Gasteiger charge is 2.15. The molecule has 6 heteroatoms. The van der Waals surface area contributed by atoms with Gasteiger partial charge in [0.05, 0.1) is 13.8 Å². The lowest BCUT2D eigenvalue weighted by Gasteiger charge is -2.19. The molecule has 0 aromatic rings. The first-order chi connectivity index (χ1) is 6.35. The number of methoxy groups -OCH3 is 1. The molecule has 0 radical (unpaired) electrons. The Labute approximate surface area is 82.9 Å². The Morgan fingerprint density at radius 2 is 1.64 bits per heavy atom. The topological polar surface area (TPSA) is 76.7 Å². The van der Waals surface area contributed by atoms with Crippen molar-refractivity contribution in [1.82, 2.24) is 10.6 Å². The van der Waals surface area contributed by atoms with Gasteiger partial charge in [-0.15, -0.1) is 0 Å². The zero-order chi connectivity index (χ0) is 11.2. The Morgan fingerprint density at radius 3 is 2.07 bits per heavy atom. The molecule has 2 N–H and O–H groups in total. The first-order valence-electron chi connectivity index (χ1n) is 4.14. The van der Waals surface area contributed by atoms with Crippen molar-refractivity contribution in [1.29, 1.82) is 0 Å². The normalized spacial score (nSPS) is 10.3. The largest absolute Gasteiger partial charge is 0.453 e. The molecule has 0 aliphatic carbocycles. The van der Waals surface area contributed by atoms with E-state index in [1.807, 2.05) is 0 Å². The minimum absolute atomic E-state index is 0.0262. The van der Waals surface area contributed by atoms with Crippen molar-refractivity contribution in [2.75, 3.05) is 13.8 Å². The van der Waals surface area contributed by atoms with E-state index in [2.05, 4.69) is 15.4 Å². The first-order valence-corrected chi connectivity index (χ1v) is 4.14. The third kappa shape index (κ3) is 7.20. The monoisotopic (exact) mass is 204 g/mol. The molecule has 0 unspecified atom stereocenters. The van der Waals surface area contributed by atoms with Gasteiger partial charge in [0.2, 0.25) is 0 Å². The van der Waals surface area contributed by atoms with Crippen molar-refractivity contribution in [3.63, 3.8) is 0 Å². The Balaban J connectivity index is 3.60. The predicted molar refractivity (Wildman–Crippen MR) is 49.8 cm³/mol. The van der Waals surface area contributed by atoms with Gasteiger partial charge in [-0.3, -0.25) is 0 Å². The lowest BCUT2D eigenvalue weighted by Crippen LogP contribution is -2.40. The third-order valence-corrected chi connectivity index (χ3v) is 1.05. The molecule has 14 heavy (non-hydrogen) atoms. The van der Waals surface area contributed by atoms with Gasteiger partial charge in [0.1, 0.15) is 5.60 Å².